The minimum absolute atomic E-state index is 0.391. The van der Waals surface area contributed by atoms with E-state index in [1.54, 1.807) is 6.92 Å². The second-order valence-corrected chi connectivity index (χ2v) is 1.29. The zero-order valence-electron chi connectivity index (χ0n) is 5.89. The Balaban J connectivity index is 0.000000291. The molecule has 1 rings (SSSR count). The molecule has 0 spiro atoms. The molecule has 3 nitrogen and oxygen atoms in total. The molecule has 0 aliphatic rings. The normalized spacial score (nSPS) is 7.89. The standard InChI is InChI=1S/C4H5NO2.C2H6/c1-3-2-5-4(6)7-3;1-2/h2H,1H3,(H,5,6);1-2H3. The van der Waals surface area contributed by atoms with Crippen molar-refractivity contribution in [1.82, 2.24) is 4.98 Å². The molecule has 0 atom stereocenters. The maximum Gasteiger partial charge on any atom is 0.416 e. The molecule has 0 aliphatic carbocycles. The molecule has 0 saturated heterocycles. The lowest BCUT2D eigenvalue weighted by Gasteiger charge is -1.65. The number of H-pyrrole nitrogens is 1. The molecule has 3 heteroatoms. The predicted molar refractivity (Wildman–Crippen MR) is 35.4 cm³/mol. The number of nitrogens with one attached hydrogen (secondary N) is 1. The summed E-state index contributed by atoms with van der Waals surface area (Å²) < 4.78 is 4.47. The average Bonchev–Trinajstić information content (AvgIpc) is 2.20. The molecule has 0 amide bonds. The van der Waals surface area contributed by atoms with Crippen LogP contribution in [0.1, 0.15) is 19.6 Å². The van der Waals surface area contributed by atoms with Crippen molar-refractivity contribution in [2.75, 3.05) is 0 Å². The first kappa shape index (κ1) is 8.01. The number of aromatic amines is 1. The summed E-state index contributed by atoms with van der Waals surface area (Å²) in [5.41, 5.74) is 0. The van der Waals surface area contributed by atoms with Gasteiger partial charge in [-0.25, -0.2) is 4.79 Å². The van der Waals surface area contributed by atoms with Crippen molar-refractivity contribution >= 4 is 0 Å². The third-order valence-corrected chi connectivity index (χ3v) is 0.647. The highest BCUT2D eigenvalue weighted by atomic mass is 16.4. The Morgan fingerprint density at radius 1 is 1.56 bits per heavy atom. The summed E-state index contributed by atoms with van der Waals surface area (Å²) in [6.07, 6.45) is 1.52. The van der Waals surface area contributed by atoms with Gasteiger partial charge in [0.05, 0.1) is 0 Å². The zero-order valence-corrected chi connectivity index (χ0v) is 5.89. The maximum absolute atomic E-state index is 10.1. The van der Waals surface area contributed by atoms with Crippen molar-refractivity contribution in [3.63, 3.8) is 0 Å². The van der Waals surface area contributed by atoms with Crippen LogP contribution in [-0.2, 0) is 0 Å². The summed E-state index contributed by atoms with van der Waals surface area (Å²) in [6, 6.07) is 0. The van der Waals surface area contributed by atoms with Gasteiger partial charge < -0.3 is 4.42 Å². The van der Waals surface area contributed by atoms with E-state index in [9.17, 15) is 4.79 Å². The van der Waals surface area contributed by atoms with Crippen LogP contribution in [0.15, 0.2) is 15.4 Å². The molecular formula is C6H11NO2. The fourth-order valence-corrected chi connectivity index (χ4v) is 0.366. The SMILES string of the molecule is CC.Cc1c[nH]c(=O)o1. The van der Waals surface area contributed by atoms with Crippen LogP contribution in [0, 0.1) is 6.92 Å². The number of aryl methyl sites for hydroxylation is 1. The lowest BCUT2D eigenvalue weighted by molar-refractivity contribution is 0.488. The van der Waals surface area contributed by atoms with E-state index in [4.69, 9.17) is 0 Å². The highest BCUT2D eigenvalue weighted by Gasteiger charge is 1.84. The van der Waals surface area contributed by atoms with Gasteiger partial charge in [-0.05, 0) is 6.92 Å². The second kappa shape index (κ2) is 3.95. The Morgan fingerprint density at radius 2 is 2.11 bits per heavy atom. The molecule has 1 heterocycles. The average molecular weight is 129 g/mol. The Labute approximate surface area is 53.7 Å². The van der Waals surface area contributed by atoms with Crippen LogP contribution < -0.4 is 5.76 Å². The Hall–Kier alpha value is -0.990. The van der Waals surface area contributed by atoms with Gasteiger partial charge in [-0.2, -0.15) is 0 Å². The van der Waals surface area contributed by atoms with Gasteiger partial charge in [-0.3, -0.25) is 4.98 Å². The Kier molecular flexibility index (Phi) is 3.51. The molecule has 0 fully saturated rings. The molecule has 0 radical (unpaired) electrons. The Morgan fingerprint density at radius 3 is 2.22 bits per heavy atom. The number of aromatic nitrogens is 1. The van der Waals surface area contributed by atoms with Crippen LogP contribution in [0.4, 0.5) is 0 Å². The van der Waals surface area contributed by atoms with E-state index in [1.807, 2.05) is 13.8 Å². The smallest absolute Gasteiger partial charge is 0.413 e. The fourth-order valence-electron chi connectivity index (χ4n) is 0.366. The van der Waals surface area contributed by atoms with Crippen LogP contribution in [0.2, 0.25) is 0 Å². The van der Waals surface area contributed by atoms with Gasteiger partial charge in [-0.1, -0.05) is 13.8 Å². The van der Waals surface area contributed by atoms with Gasteiger partial charge in [0.25, 0.3) is 0 Å². The van der Waals surface area contributed by atoms with E-state index >= 15 is 0 Å². The fraction of sp³-hybridized carbons (Fsp3) is 0.500. The maximum atomic E-state index is 10.1. The van der Waals surface area contributed by atoms with Crippen LogP contribution in [0.5, 0.6) is 0 Å². The number of rotatable bonds is 0. The Bertz CT molecular complexity index is 199. The third-order valence-electron chi connectivity index (χ3n) is 0.647. The lowest BCUT2D eigenvalue weighted by atomic mass is 10.6. The van der Waals surface area contributed by atoms with Gasteiger partial charge >= 0.3 is 5.76 Å². The van der Waals surface area contributed by atoms with Crippen molar-refractivity contribution < 1.29 is 4.42 Å². The highest BCUT2D eigenvalue weighted by Crippen LogP contribution is 1.83. The topological polar surface area (TPSA) is 46.0 Å². The molecule has 9 heavy (non-hydrogen) atoms. The third kappa shape index (κ3) is 2.74. The van der Waals surface area contributed by atoms with Crippen LogP contribution >= 0.6 is 0 Å². The van der Waals surface area contributed by atoms with E-state index in [1.165, 1.54) is 6.20 Å². The molecule has 0 bridgehead atoms. The summed E-state index contributed by atoms with van der Waals surface area (Å²) in [5, 5.41) is 0. The molecular weight excluding hydrogens is 118 g/mol. The quantitative estimate of drug-likeness (QED) is 0.574. The zero-order chi connectivity index (χ0) is 7.28. The molecule has 1 aromatic rings. The number of oxazole rings is 1. The van der Waals surface area contributed by atoms with E-state index in [2.05, 4.69) is 9.40 Å². The molecule has 1 N–H and O–H groups in total. The number of hydrogen-bond donors (Lipinski definition) is 1. The van der Waals surface area contributed by atoms with Crippen molar-refractivity contribution in [1.29, 1.82) is 0 Å². The second-order valence-electron chi connectivity index (χ2n) is 1.29. The molecule has 0 saturated carbocycles. The predicted octanol–water partition coefficient (Wildman–Crippen LogP) is 1.30. The first-order chi connectivity index (χ1) is 4.29. The van der Waals surface area contributed by atoms with Crippen LogP contribution in [0.3, 0.4) is 0 Å². The minimum Gasteiger partial charge on any atom is -0.413 e. The van der Waals surface area contributed by atoms with Gasteiger partial charge in [-0.15, -0.1) is 0 Å². The summed E-state index contributed by atoms with van der Waals surface area (Å²) in [4.78, 5) is 12.4. The summed E-state index contributed by atoms with van der Waals surface area (Å²) in [6.45, 7) is 5.71. The van der Waals surface area contributed by atoms with Gasteiger partial charge in [0.2, 0.25) is 0 Å². The van der Waals surface area contributed by atoms with E-state index in [0.29, 0.717) is 5.76 Å². The van der Waals surface area contributed by atoms with Gasteiger partial charge in [0.15, 0.2) is 0 Å². The monoisotopic (exact) mass is 129 g/mol. The largest absolute Gasteiger partial charge is 0.416 e. The van der Waals surface area contributed by atoms with Crippen LogP contribution in [0.25, 0.3) is 0 Å². The molecule has 0 aliphatic heterocycles. The minimum atomic E-state index is -0.391. The molecule has 52 valence electrons. The highest BCUT2D eigenvalue weighted by molar-refractivity contribution is 4.81. The molecule has 1 aromatic heterocycles. The van der Waals surface area contributed by atoms with Gasteiger partial charge in [0, 0.05) is 6.20 Å². The summed E-state index contributed by atoms with van der Waals surface area (Å²) >= 11 is 0. The molecule has 0 unspecified atom stereocenters. The van der Waals surface area contributed by atoms with E-state index < -0.39 is 5.76 Å². The summed E-state index contributed by atoms with van der Waals surface area (Å²) in [7, 11) is 0. The van der Waals surface area contributed by atoms with Crippen LogP contribution in [-0.4, -0.2) is 4.98 Å². The van der Waals surface area contributed by atoms with Crippen molar-refractivity contribution in [3.05, 3.63) is 22.5 Å². The first-order valence-electron chi connectivity index (χ1n) is 2.94. The lowest BCUT2D eigenvalue weighted by Crippen LogP contribution is -1.92. The number of hydrogen-bond acceptors (Lipinski definition) is 2. The summed E-state index contributed by atoms with van der Waals surface area (Å²) in [5.74, 6) is 0.225. The van der Waals surface area contributed by atoms with Crippen molar-refractivity contribution in [2.24, 2.45) is 0 Å². The van der Waals surface area contributed by atoms with Crippen molar-refractivity contribution in [3.8, 4) is 0 Å². The first-order valence-corrected chi connectivity index (χ1v) is 2.94. The van der Waals surface area contributed by atoms with E-state index in [-0.39, 0.29) is 0 Å². The van der Waals surface area contributed by atoms with Gasteiger partial charge in [0.1, 0.15) is 5.76 Å². The van der Waals surface area contributed by atoms with Crippen molar-refractivity contribution in [2.45, 2.75) is 20.8 Å². The van der Waals surface area contributed by atoms with E-state index in [0.717, 1.165) is 0 Å². The molecule has 0 aromatic carbocycles.